The summed E-state index contributed by atoms with van der Waals surface area (Å²) in [6.45, 7) is 3.31. The number of piperidine rings is 1. The van der Waals surface area contributed by atoms with Crippen molar-refractivity contribution in [3.63, 3.8) is 0 Å². The Morgan fingerprint density at radius 1 is 1.09 bits per heavy atom. The van der Waals surface area contributed by atoms with Crippen molar-refractivity contribution >= 4 is 23.6 Å². The second-order valence-corrected chi connectivity index (χ2v) is 8.43. The van der Waals surface area contributed by atoms with Crippen LogP contribution in [0.3, 0.4) is 0 Å². The van der Waals surface area contributed by atoms with Crippen molar-refractivity contribution in [1.29, 1.82) is 0 Å². The molecule has 0 saturated carbocycles. The number of carbonyl (C=O) groups is 2. The summed E-state index contributed by atoms with van der Waals surface area (Å²) in [5.74, 6) is -0.0626. The number of rotatable bonds is 6. The summed E-state index contributed by atoms with van der Waals surface area (Å²) in [7, 11) is 0. The maximum atomic E-state index is 12.9. The summed E-state index contributed by atoms with van der Waals surface area (Å²) in [6, 6.07) is 17.3. The van der Waals surface area contributed by atoms with E-state index < -0.39 is 0 Å². The van der Waals surface area contributed by atoms with Crippen molar-refractivity contribution in [2.45, 2.75) is 32.2 Å². The number of para-hydroxylation sites is 1. The Labute approximate surface area is 198 Å². The summed E-state index contributed by atoms with van der Waals surface area (Å²) < 4.78 is 6.86. The highest BCUT2D eigenvalue weighted by molar-refractivity contribution is 6.30. The first-order valence-electron chi connectivity index (χ1n) is 11.1. The van der Waals surface area contributed by atoms with Gasteiger partial charge in [-0.05, 0) is 44.0 Å². The molecule has 3 aromatic rings. The van der Waals surface area contributed by atoms with E-state index >= 15 is 0 Å². The first-order valence-corrected chi connectivity index (χ1v) is 11.5. The molecule has 0 bridgehead atoms. The molecule has 0 unspecified atom stereocenters. The number of ether oxygens (including phenoxy) is 1. The SMILES string of the molecule is CCOC(=O)N1CCC(NC(=O)Cc2cn(-c3ccccc3)nc2-c2ccc(Cl)cc2)CC1. The molecule has 1 fully saturated rings. The van der Waals surface area contributed by atoms with Gasteiger partial charge in [-0.15, -0.1) is 0 Å². The molecule has 0 radical (unpaired) electrons. The molecular weight excluding hydrogens is 440 g/mol. The van der Waals surface area contributed by atoms with E-state index in [4.69, 9.17) is 21.4 Å². The molecule has 1 aliphatic rings. The minimum atomic E-state index is -0.289. The topological polar surface area (TPSA) is 76.5 Å². The number of amides is 2. The van der Waals surface area contributed by atoms with Crippen molar-refractivity contribution in [3.05, 3.63) is 71.4 Å². The van der Waals surface area contributed by atoms with Crippen LogP contribution in [0.25, 0.3) is 16.9 Å². The van der Waals surface area contributed by atoms with Gasteiger partial charge < -0.3 is 15.0 Å². The monoisotopic (exact) mass is 466 g/mol. The largest absolute Gasteiger partial charge is 0.450 e. The van der Waals surface area contributed by atoms with E-state index in [0.29, 0.717) is 37.6 Å². The van der Waals surface area contributed by atoms with Gasteiger partial charge in [0.1, 0.15) is 0 Å². The van der Waals surface area contributed by atoms with Gasteiger partial charge in [0, 0.05) is 41.5 Å². The molecule has 0 atom stereocenters. The van der Waals surface area contributed by atoms with E-state index in [-0.39, 0.29) is 24.5 Å². The van der Waals surface area contributed by atoms with Gasteiger partial charge in [-0.2, -0.15) is 5.10 Å². The Hall–Kier alpha value is -3.32. The Morgan fingerprint density at radius 3 is 2.45 bits per heavy atom. The molecule has 1 N–H and O–H groups in total. The molecule has 2 aromatic carbocycles. The maximum absolute atomic E-state index is 12.9. The molecule has 172 valence electrons. The van der Waals surface area contributed by atoms with Crippen LogP contribution in [-0.4, -0.2) is 52.4 Å². The maximum Gasteiger partial charge on any atom is 0.409 e. The number of nitrogens with one attached hydrogen (secondary N) is 1. The van der Waals surface area contributed by atoms with Crippen LogP contribution in [0.5, 0.6) is 0 Å². The Kier molecular flexibility index (Phi) is 7.29. The third kappa shape index (κ3) is 5.73. The summed E-state index contributed by atoms with van der Waals surface area (Å²) in [6.07, 6.45) is 3.24. The number of aromatic nitrogens is 2. The number of nitrogens with zero attached hydrogens (tertiary/aromatic N) is 3. The smallest absolute Gasteiger partial charge is 0.409 e. The lowest BCUT2D eigenvalue weighted by molar-refractivity contribution is -0.121. The third-order valence-electron chi connectivity index (χ3n) is 5.67. The fraction of sp³-hybridized carbons (Fsp3) is 0.320. The standard InChI is InChI=1S/C25H27ClN4O3/c1-2-33-25(32)29-14-12-21(13-15-29)27-23(31)16-19-17-30(22-6-4-3-5-7-22)28-24(19)18-8-10-20(26)11-9-18/h3-11,17,21H,2,12-16H2,1H3,(H,27,31). The molecule has 33 heavy (non-hydrogen) atoms. The number of halogens is 1. The van der Waals surface area contributed by atoms with Gasteiger partial charge in [0.05, 0.1) is 24.4 Å². The normalized spacial score (nSPS) is 14.2. The van der Waals surface area contributed by atoms with Crippen LogP contribution in [0.1, 0.15) is 25.3 Å². The van der Waals surface area contributed by atoms with Gasteiger partial charge in [-0.1, -0.05) is 41.9 Å². The first kappa shape index (κ1) is 22.9. The zero-order valence-corrected chi connectivity index (χ0v) is 19.3. The summed E-state index contributed by atoms with van der Waals surface area (Å²) in [5, 5.41) is 8.53. The van der Waals surface area contributed by atoms with Crippen LogP contribution >= 0.6 is 11.6 Å². The number of carbonyl (C=O) groups excluding carboxylic acids is 2. The summed E-state index contributed by atoms with van der Waals surface area (Å²) in [4.78, 5) is 26.5. The second kappa shape index (κ2) is 10.5. The highest BCUT2D eigenvalue weighted by atomic mass is 35.5. The quantitative estimate of drug-likeness (QED) is 0.581. The van der Waals surface area contributed by atoms with Crippen LogP contribution in [0.4, 0.5) is 4.79 Å². The Morgan fingerprint density at radius 2 is 1.79 bits per heavy atom. The highest BCUT2D eigenvalue weighted by Gasteiger charge is 2.25. The van der Waals surface area contributed by atoms with E-state index in [1.165, 1.54) is 0 Å². The molecule has 0 spiro atoms. The Bertz CT molecular complexity index is 1090. The second-order valence-electron chi connectivity index (χ2n) is 7.99. The van der Waals surface area contributed by atoms with Gasteiger partial charge in [0.2, 0.25) is 5.91 Å². The van der Waals surface area contributed by atoms with Crippen molar-refractivity contribution < 1.29 is 14.3 Å². The average molecular weight is 467 g/mol. The summed E-state index contributed by atoms with van der Waals surface area (Å²) >= 11 is 6.06. The van der Waals surface area contributed by atoms with Crippen molar-refractivity contribution in [2.75, 3.05) is 19.7 Å². The van der Waals surface area contributed by atoms with Gasteiger partial charge in [0.25, 0.3) is 0 Å². The molecule has 1 aromatic heterocycles. The van der Waals surface area contributed by atoms with Gasteiger partial charge in [-0.3, -0.25) is 4.79 Å². The lowest BCUT2D eigenvalue weighted by Gasteiger charge is -2.31. The molecule has 0 aliphatic carbocycles. The molecule has 2 amide bonds. The minimum absolute atomic E-state index is 0.0336. The fourth-order valence-electron chi connectivity index (χ4n) is 3.98. The number of likely N-dealkylation sites (tertiary alicyclic amines) is 1. The molecular formula is C25H27ClN4O3. The van der Waals surface area contributed by atoms with Gasteiger partial charge in [0.15, 0.2) is 0 Å². The van der Waals surface area contributed by atoms with Crippen LogP contribution in [0, 0.1) is 0 Å². The zero-order chi connectivity index (χ0) is 23.2. The van der Waals surface area contributed by atoms with Crippen molar-refractivity contribution in [3.8, 4) is 16.9 Å². The lowest BCUT2D eigenvalue weighted by Crippen LogP contribution is -2.47. The van der Waals surface area contributed by atoms with Crippen molar-refractivity contribution in [1.82, 2.24) is 20.0 Å². The highest BCUT2D eigenvalue weighted by Crippen LogP contribution is 2.26. The predicted molar refractivity (Wildman–Crippen MR) is 127 cm³/mol. The van der Waals surface area contributed by atoms with Gasteiger partial charge in [-0.25, -0.2) is 9.48 Å². The van der Waals surface area contributed by atoms with Crippen LogP contribution in [0.15, 0.2) is 60.8 Å². The van der Waals surface area contributed by atoms with Crippen LogP contribution in [-0.2, 0) is 16.0 Å². The first-order chi connectivity index (χ1) is 16.0. The molecule has 1 aliphatic heterocycles. The van der Waals surface area contributed by atoms with Gasteiger partial charge >= 0.3 is 6.09 Å². The number of benzene rings is 2. The predicted octanol–water partition coefficient (Wildman–Crippen LogP) is 4.47. The van der Waals surface area contributed by atoms with E-state index in [2.05, 4.69) is 5.32 Å². The number of hydrogen-bond acceptors (Lipinski definition) is 4. The summed E-state index contributed by atoms with van der Waals surface area (Å²) in [5.41, 5.74) is 3.41. The molecule has 4 rings (SSSR count). The minimum Gasteiger partial charge on any atom is -0.450 e. The average Bonchev–Trinajstić information content (AvgIpc) is 3.24. The zero-order valence-electron chi connectivity index (χ0n) is 18.5. The fourth-order valence-corrected chi connectivity index (χ4v) is 4.10. The molecule has 2 heterocycles. The lowest BCUT2D eigenvalue weighted by atomic mass is 10.0. The molecule has 8 heteroatoms. The third-order valence-corrected chi connectivity index (χ3v) is 5.92. The molecule has 7 nitrogen and oxygen atoms in total. The van der Waals surface area contributed by atoms with E-state index in [0.717, 1.165) is 22.5 Å². The molecule has 1 saturated heterocycles. The Balaban J connectivity index is 1.46. The van der Waals surface area contributed by atoms with Crippen LogP contribution in [0.2, 0.25) is 5.02 Å². The van der Waals surface area contributed by atoms with Crippen LogP contribution < -0.4 is 5.32 Å². The van der Waals surface area contributed by atoms with E-state index in [1.54, 1.807) is 16.5 Å². The van der Waals surface area contributed by atoms with Crippen molar-refractivity contribution in [2.24, 2.45) is 0 Å². The number of hydrogen-bond donors (Lipinski definition) is 1. The van der Waals surface area contributed by atoms with E-state index in [1.807, 2.05) is 60.8 Å². The van der Waals surface area contributed by atoms with E-state index in [9.17, 15) is 9.59 Å².